The minimum atomic E-state index is 0.876. The summed E-state index contributed by atoms with van der Waals surface area (Å²) in [5.74, 6) is 0.876. The van der Waals surface area contributed by atoms with E-state index in [1.165, 1.54) is 19.3 Å². The molecule has 0 radical (unpaired) electrons. The largest absolute Gasteiger partial charge is 0.449 e. The highest BCUT2D eigenvalue weighted by atomic mass is 16.3. The van der Waals surface area contributed by atoms with Gasteiger partial charge in [0.1, 0.15) is 0 Å². The summed E-state index contributed by atoms with van der Waals surface area (Å²) in [6, 6.07) is 3.83. The van der Waals surface area contributed by atoms with E-state index in [0.717, 1.165) is 12.4 Å². The molecule has 0 unspecified atom stereocenters. The molecule has 0 atom stereocenters. The van der Waals surface area contributed by atoms with Gasteiger partial charge in [-0.2, -0.15) is 0 Å². The van der Waals surface area contributed by atoms with Gasteiger partial charge in [-0.15, -0.1) is 0 Å². The summed E-state index contributed by atoms with van der Waals surface area (Å²) in [5, 5.41) is 3.19. The Bertz CT molecular complexity index is 170. The van der Waals surface area contributed by atoms with Crippen LogP contribution < -0.4 is 5.32 Å². The summed E-state index contributed by atoms with van der Waals surface area (Å²) in [6.07, 6.45) is 5.45. The number of hydrogen-bond donors (Lipinski definition) is 1. The zero-order chi connectivity index (χ0) is 7.94. The van der Waals surface area contributed by atoms with E-state index in [4.69, 9.17) is 4.42 Å². The van der Waals surface area contributed by atoms with Crippen LogP contribution in [0, 0.1) is 0 Å². The third-order valence-corrected chi connectivity index (χ3v) is 1.60. The number of rotatable bonds is 5. The van der Waals surface area contributed by atoms with Crippen LogP contribution in [0.15, 0.2) is 22.8 Å². The van der Waals surface area contributed by atoms with Crippen LogP contribution in [0.3, 0.4) is 0 Å². The maximum absolute atomic E-state index is 5.10. The van der Waals surface area contributed by atoms with Gasteiger partial charge in [-0.1, -0.05) is 19.8 Å². The van der Waals surface area contributed by atoms with Crippen molar-refractivity contribution in [1.82, 2.24) is 0 Å². The molecule has 0 saturated heterocycles. The molecule has 1 aromatic heterocycles. The Morgan fingerprint density at radius 1 is 1.45 bits per heavy atom. The summed E-state index contributed by atoms with van der Waals surface area (Å²) in [4.78, 5) is 0. The zero-order valence-electron chi connectivity index (χ0n) is 6.97. The van der Waals surface area contributed by atoms with Gasteiger partial charge < -0.3 is 9.73 Å². The maximum atomic E-state index is 5.10. The number of unbranched alkanes of at least 4 members (excludes halogenated alkanes) is 2. The summed E-state index contributed by atoms with van der Waals surface area (Å²) >= 11 is 0. The average molecular weight is 153 g/mol. The summed E-state index contributed by atoms with van der Waals surface area (Å²) in [6.45, 7) is 3.22. The predicted octanol–water partition coefficient (Wildman–Crippen LogP) is 2.88. The molecule has 0 aromatic carbocycles. The highest BCUT2D eigenvalue weighted by Gasteiger charge is 1.91. The molecule has 0 aliphatic heterocycles. The van der Waals surface area contributed by atoms with Crippen LogP contribution in [0.1, 0.15) is 26.2 Å². The van der Waals surface area contributed by atoms with Gasteiger partial charge in [-0.3, -0.25) is 0 Å². The Hall–Kier alpha value is -0.920. The van der Waals surface area contributed by atoms with E-state index in [9.17, 15) is 0 Å². The zero-order valence-corrected chi connectivity index (χ0v) is 6.97. The Balaban J connectivity index is 2.04. The lowest BCUT2D eigenvalue weighted by Gasteiger charge is -2.00. The van der Waals surface area contributed by atoms with Gasteiger partial charge in [0, 0.05) is 12.6 Å². The second-order valence-electron chi connectivity index (χ2n) is 2.61. The predicted molar refractivity (Wildman–Crippen MR) is 46.7 cm³/mol. The Kier molecular flexibility index (Phi) is 3.59. The Morgan fingerprint density at radius 3 is 3.00 bits per heavy atom. The van der Waals surface area contributed by atoms with Crippen molar-refractivity contribution in [3.8, 4) is 0 Å². The molecule has 0 aliphatic rings. The molecule has 0 saturated carbocycles. The molecule has 1 aromatic rings. The van der Waals surface area contributed by atoms with Crippen molar-refractivity contribution in [2.24, 2.45) is 0 Å². The van der Waals surface area contributed by atoms with Crippen molar-refractivity contribution < 1.29 is 4.42 Å². The topological polar surface area (TPSA) is 25.2 Å². The summed E-state index contributed by atoms with van der Waals surface area (Å²) in [7, 11) is 0. The average Bonchev–Trinajstić information content (AvgIpc) is 2.50. The van der Waals surface area contributed by atoms with Crippen molar-refractivity contribution in [1.29, 1.82) is 0 Å². The molecule has 0 bridgehead atoms. The van der Waals surface area contributed by atoms with Crippen LogP contribution in [-0.4, -0.2) is 6.54 Å². The Morgan fingerprint density at radius 2 is 2.36 bits per heavy atom. The minimum absolute atomic E-state index is 0.876. The number of nitrogens with one attached hydrogen (secondary N) is 1. The smallest absolute Gasteiger partial charge is 0.192 e. The first-order valence-electron chi connectivity index (χ1n) is 4.21. The SMILES string of the molecule is CCCCCNc1ccco1. The molecule has 0 fully saturated rings. The lowest BCUT2D eigenvalue weighted by atomic mass is 10.2. The molecule has 1 N–H and O–H groups in total. The summed E-state index contributed by atoms with van der Waals surface area (Å²) < 4.78 is 5.10. The molecule has 62 valence electrons. The van der Waals surface area contributed by atoms with Crippen LogP contribution in [0.4, 0.5) is 5.88 Å². The number of anilines is 1. The first kappa shape index (κ1) is 8.18. The monoisotopic (exact) mass is 153 g/mol. The molecule has 1 rings (SSSR count). The fourth-order valence-electron chi connectivity index (χ4n) is 0.966. The van der Waals surface area contributed by atoms with Gasteiger partial charge in [0.2, 0.25) is 0 Å². The third kappa shape index (κ3) is 3.12. The van der Waals surface area contributed by atoms with Gasteiger partial charge in [-0.05, 0) is 12.5 Å². The lowest BCUT2D eigenvalue weighted by molar-refractivity contribution is 0.576. The molecule has 0 spiro atoms. The van der Waals surface area contributed by atoms with Gasteiger partial charge in [-0.25, -0.2) is 0 Å². The van der Waals surface area contributed by atoms with Crippen LogP contribution in [0.5, 0.6) is 0 Å². The molecule has 0 aliphatic carbocycles. The van der Waals surface area contributed by atoms with E-state index in [1.807, 2.05) is 12.1 Å². The normalized spacial score (nSPS) is 9.91. The van der Waals surface area contributed by atoms with Crippen molar-refractivity contribution >= 4 is 5.88 Å². The van der Waals surface area contributed by atoms with E-state index >= 15 is 0 Å². The maximum Gasteiger partial charge on any atom is 0.192 e. The van der Waals surface area contributed by atoms with Crippen molar-refractivity contribution in [2.75, 3.05) is 11.9 Å². The van der Waals surface area contributed by atoms with Gasteiger partial charge >= 0.3 is 0 Å². The molecular weight excluding hydrogens is 138 g/mol. The van der Waals surface area contributed by atoms with Crippen molar-refractivity contribution in [3.63, 3.8) is 0 Å². The molecule has 0 amide bonds. The van der Waals surface area contributed by atoms with E-state index in [-0.39, 0.29) is 0 Å². The fraction of sp³-hybridized carbons (Fsp3) is 0.556. The second-order valence-corrected chi connectivity index (χ2v) is 2.61. The highest BCUT2D eigenvalue weighted by molar-refractivity contribution is 5.29. The molecule has 11 heavy (non-hydrogen) atoms. The van der Waals surface area contributed by atoms with E-state index in [0.29, 0.717) is 0 Å². The first-order valence-corrected chi connectivity index (χ1v) is 4.21. The summed E-state index contributed by atoms with van der Waals surface area (Å²) in [5.41, 5.74) is 0. The molecule has 1 heterocycles. The van der Waals surface area contributed by atoms with Crippen molar-refractivity contribution in [3.05, 3.63) is 18.4 Å². The lowest BCUT2D eigenvalue weighted by Crippen LogP contribution is -1.99. The second kappa shape index (κ2) is 4.83. The number of furan rings is 1. The molecule has 2 nitrogen and oxygen atoms in total. The van der Waals surface area contributed by atoms with Crippen LogP contribution >= 0.6 is 0 Å². The van der Waals surface area contributed by atoms with Gasteiger partial charge in [0.25, 0.3) is 0 Å². The number of hydrogen-bond acceptors (Lipinski definition) is 2. The van der Waals surface area contributed by atoms with Crippen molar-refractivity contribution in [2.45, 2.75) is 26.2 Å². The van der Waals surface area contributed by atoms with Crippen LogP contribution in [-0.2, 0) is 0 Å². The van der Waals surface area contributed by atoms with E-state index < -0.39 is 0 Å². The van der Waals surface area contributed by atoms with E-state index in [1.54, 1.807) is 6.26 Å². The standard InChI is InChI=1S/C9H15NO/c1-2-3-4-7-10-9-6-5-8-11-9/h5-6,8,10H,2-4,7H2,1H3. The highest BCUT2D eigenvalue weighted by Crippen LogP contribution is 2.06. The third-order valence-electron chi connectivity index (χ3n) is 1.60. The quantitative estimate of drug-likeness (QED) is 0.658. The molecular formula is C9H15NO. The Labute approximate surface area is 67.6 Å². The van der Waals surface area contributed by atoms with Crippen LogP contribution in [0.2, 0.25) is 0 Å². The first-order chi connectivity index (χ1) is 5.43. The van der Waals surface area contributed by atoms with Crippen LogP contribution in [0.25, 0.3) is 0 Å². The van der Waals surface area contributed by atoms with Gasteiger partial charge in [0.15, 0.2) is 5.88 Å². The molecule has 2 heteroatoms. The van der Waals surface area contributed by atoms with Gasteiger partial charge in [0.05, 0.1) is 6.26 Å². The fourth-order valence-corrected chi connectivity index (χ4v) is 0.966. The van der Waals surface area contributed by atoms with E-state index in [2.05, 4.69) is 12.2 Å². The minimum Gasteiger partial charge on any atom is -0.449 e.